The van der Waals surface area contributed by atoms with E-state index in [9.17, 15) is 9.90 Å². The molecule has 1 fully saturated rings. The molecule has 1 heterocycles. The van der Waals surface area contributed by atoms with Crippen LogP contribution in [-0.2, 0) is 27.0 Å². The number of carbonyl (C=O) groups is 3. The van der Waals surface area contributed by atoms with E-state index in [1.165, 1.54) is 0 Å². The molecule has 0 spiro atoms. The predicted octanol–water partition coefficient (Wildman–Crippen LogP) is 7.92. The number of aromatic nitrogens is 1. The lowest BCUT2D eigenvalue weighted by molar-refractivity contribution is -0.140. The fourth-order valence-electron chi connectivity index (χ4n) is 7.79. The Balaban J connectivity index is 1.57. The van der Waals surface area contributed by atoms with E-state index in [4.69, 9.17) is 23.2 Å². The molecule has 1 saturated carbocycles. The van der Waals surface area contributed by atoms with Crippen LogP contribution in [-0.4, -0.2) is 80.6 Å². The summed E-state index contributed by atoms with van der Waals surface area (Å²) in [6.45, 7) is 15.5. The van der Waals surface area contributed by atoms with Crippen molar-refractivity contribution in [2.45, 2.75) is 96.4 Å². The summed E-state index contributed by atoms with van der Waals surface area (Å²) in [6.07, 6.45) is -0.317. The molecule has 2 aromatic carbocycles. The second-order valence-corrected chi connectivity index (χ2v) is 22.3. The van der Waals surface area contributed by atoms with E-state index in [2.05, 4.69) is 5.16 Å². The number of benzene rings is 2. The smallest absolute Gasteiger partial charge is 0.507 e. The van der Waals surface area contributed by atoms with Gasteiger partial charge in [0, 0.05) is 31.3 Å². The summed E-state index contributed by atoms with van der Waals surface area (Å²) in [4.78, 5) is 48.0. The minimum absolute atomic E-state index is 0.0202. The lowest BCUT2D eigenvalue weighted by Crippen LogP contribution is -2.68. The zero-order valence-corrected chi connectivity index (χ0v) is 34.4. The van der Waals surface area contributed by atoms with E-state index in [1.54, 1.807) is 26.8 Å². The molecule has 0 unspecified atom stereocenters. The summed E-state index contributed by atoms with van der Waals surface area (Å²) >= 11 is 0. The third kappa shape index (κ3) is 6.64. The molecule has 6 rings (SSSR count). The quantitative estimate of drug-likeness (QED) is 0.103. The number of ketones is 2. The fraction of sp³-hybridized carbons (Fsp3) is 0.512. The van der Waals surface area contributed by atoms with Gasteiger partial charge in [0.25, 0.3) is 5.88 Å². The molecule has 3 aliphatic carbocycles. The van der Waals surface area contributed by atoms with Crippen molar-refractivity contribution < 1.29 is 42.6 Å². The van der Waals surface area contributed by atoms with Crippen LogP contribution in [0.3, 0.4) is 0 Å². The van der Waals surface area contributed by atoms with Crippen molar-refractivity contribution in [3.63, 3.8) is 0 Å². The van der Waals surface area contributed by atoms with Crippen LogP contribution in [0.5, 0.6) is 11.6 Å². The summed E-state index contributed by atoms with van der Waals surface area (Å²) in [6, 6.07) is 12.3. The number of hydrogen-bond donors (Lipinski definition) is 1. The molecule has 3 aromatic rings. The van der Waals surface area contributed by atoms with Crippen molar-refractivity contribution in [3.8, 4) is 11.6 Å². The van der Waals surface area contributed by atoms with Gasteiger partial charge >= 0.3 is 6.16 Å². The fourth-order valence-corrected chi connectivity index (χ4v) is 9.24. The molecule has 3 aliphatic rings. The molecule has 1 aromatic heterocycles. The molecule has 13 heteroatoms. The Morgan fingerprint density at radius 1 is 0.981 bits per heavy atom. The van der Waals surface area contributed by atoms with Crippen molar-refractivity contribution >= 4 is 37.5 Å². The standard InChI is InChI=1S/C41H53N3O9Si/c1-39(2,3)51-38(48)50-28-19-18-27(43(7)8)25-20-24-21-26-32(44(9)10)34-31(37(42-52-34)49-22-23-16-14-13-15-17-23)36(47)41(26,53-54(11,12)40(4,5)6)35(46)29(24)33(45)30(25)28/h13-19,24,26,32,45H,20-22H2,1-12H3/t24-,26-,32-,41-/m0/s1. The summed E-state index contributed by atoms with van der Waals surface area (Å²) in [5, 5.41) is 16.3. The molecule has 0 amide bonds. The van der Waals surface area contributed by atoms with Gasteiger partial charge in [0.15, 0.2) is 19.7 Å². The lowest BCUT2D eigenvalue weighted by atomic mass is 9.57. The SMILES string of the molecule is CN(C)c1ccc(OC(=O)OC(C)(C)C)c2c1C[C@H]1C[C@H]3[C@H](N(C)C)c4onc(OCc5ccccc5)c4C(=O)[C@@]3(O[Si](C)(C)C(C)(C)C)C(=O)C1=C2O. The first kappa shape index (κ1) is 39.2. The van der Waals surface area contributed by atoms with E-state index in [1.807, 2.05) is 108 Å². The molecule has 0 radical (unpaired) electrons. The van der Waals surface area contributed by atoms with Crippen LogP contribution in [0.4, 0.5) is 10.5 Å². The van der Waals surface area contributed by atoms with E-state index < -0.39 is 60.2 Å². The molecule has 4 atom stereocenters. The highest BCUT2D eigenvalue weighted by atomic mass is 28.4. The average Bonchev–Trinajstić information content (AvgIpc) is 3.47. The van der Waals surface area contributed by atoms with Gasteiger partial charge in [-0.1, -0.05) is 51.1 Å². The Morgan fingerprint density at radius 2 is 1.65 bits per heavy atom. The summed E-state index contributed by atoms with van der Waals surface area (Å²) in [5.41, 5.74) is -0.189. The average molecular weight is 760 g/mol. The molecule has 0 bridgehead atoms. The third-order valence-corrected chi connectivity index (χ3v) is 15.7. The van der Waals surface area contributed by atoms with Gasteiger partial charge in [0.05, 0.1) is 11.6 Å². The van der Waals surface area contributed by atoms with Crippen LogP contribution in [0.15, 0.2) is 52.6 Å². The normalized spacial score (nSPS) is 22.6. The molecular formula is C41H53N3O9Si. The molecule has 0 saturated heterocycles. The van der Waals surface area contributed by atoms with Crippen molar-refractivity contribution in [1.82, 2.24) is 10.1 Å². The number of ether oxygens (including phenoxy) is 3. The maximum Gasteiger partial charge on any atom is 0.514 e. The van der Waals surface area contributed by atoms with Crippen molar-refractivity contribution in [1.29, 1.82) is 0 Å². The minimum atomic E-state index is -2.93. The third-order valence-electron chi connectivity index (χ3n) is 11.2. The second kappa shape index (κ2) is 13.7. The summed E-state index contributed by atoms with van der Waals surface area (Å²) < 4.78 is 30.5. The van der Waals surface area contributed by atoms with Gasteiger partial charge in [0.1, 0.15) is 29.3 Å². The van der Waals surface area contributed by atoms with Crippen LogP contribution < -0.4 is 14.4 Å². The Bertz CT molecular complexity index is 2010. The molecule has 0 aliphatic heterocycles. The van der Waals surface area contributed by atoms with Crippen LogP contribution in [0.25, 0.3) is 5.76 Å². The van der Waals surface area contributed by atoms with Crippen LogP contribution in [0.2, 0.25) is 18.1 Å². The zero-order chi connectivity index (χ0) is 39.7. The minimum Gasteiger partial charge on any atom is -0.507 e. The topological polar surface area (TPSA) is 141 Å². The van der Waals surface area contributed by atoms with Gasteiger partial charge in [-0.15, -0.1) is 0 Å². The van der Waals surface area contributed by atoms with Crippen molar-refractivity contribution in [2.75, 3.05) is 33.1 Å². The highest BCUT2D eigenvalue weighted by Crippen LogP contribution is 2.59. The van der Waals surface area contributed by atoms with Crippen LogP contribution >= 0.6 is 0 Å². The largest absolute Gasteiger partial charge is 0.514 e. The number of carbonyl (C=O) groups excluding carboxylic acids is 3. The van der Waals surface area contributed by atoms with Crippen LogP contribution in [0, 0.1) is 11.8 Å². The molecule has 290 valence electrons. The predicted molar refractivity (Wildman–Crippen MR) is 207 cm³/mol. The highest BCUT2D eigenvalue weighted by molar-refractivity contribution is 6.74. The van der Waals surface area contributed by atoms with Gasteiger partial charge in [-0.05, 0) is 100 Å². The summed E-state index contributed by atoms with van der Waals surface area (Å²) in [7, 11) is 4.60. The number of aliphatic hydroxyl groups is 1. The van der Waals surface area contributed by atoms with Gasteiger partial charge in [0.2, 0.25) is 11.6 Å². The van der Waals surface area contributed by atoms with Gasteiger partial charge in [-0.3, -0.25) is 14.5 Å². The first-order valence-electron chi connectivity index (χ1n) is 18.4. The Kier molecular flexibility index (Phi) is 9.94. The van der Waals surface area contributed by atoms with Crippen molar-refractivity contribution in [3.05, 3.63) is 76.1 Å². The number of rotatable bonds is 8. The maximum absolute atomic E-state index is 15.7. The highest BCUT2D eigenvalue weighted by Gasteiger charge is 2.69. The first-order valence-corrected chi connectivity index (χ1v) is 21.3. The number of aliphatic hydroxyl groups excluding tert-OH is 1. The lowest BCUT2D eigenvalue weighted by Gasteiger charge is -2.55. The number of nitrogens with zero attached hydrogens (tertiary/aromatic N) is 3. The second-order valence-electron chi connectivity index (χ2n) is 17.6. The summed E-state index contributed by atoms with van der Waals surface area (Å²) in [5.74, 6) is -2.45. The molecule has 54 heavy (non-hydrogen) atoms. The van der Waals surface area contributed by atoms with E-state index >= 15 is 9.59 Å². The Morgan fingerprint density at radius 3 is 2.24 bits per heavy atom. The maximum atomic E-state index is 15.7. The van der Waals surface area contributed by atoms with E-state index in [0.29, 0.717) is 24.2 Å². The Labute approximate surface area is 318 Å². The van der Waals surface area contributed by atoms with Gasteiger partial charge in [-0.2, -0.15) is 0 Å². The first-order chi connectivity index (χ1) is 25.1. The van der Waals surface area contributed by atoms with E-state index in [-0.39, 0.29) is 40.7 Å². The van der Waals surface area contributed by atoms with E-state index in [0.717, 1.165) is 11.3 Å². The van der Waals surface area contributed by atoms with Gasteiger partial charge in [-0.25, -0.2) is 4.79 Å². The molecule has 1 N–H and O–H groups in total. The van der Waals surface area contributed by atoms with Crippen LogP contribution in [0.1, 0.15) is 86.8 Å². The Hall–Kier alpha value is -4.46. The number of hydrogen-bond acceptors (Lipinski definition) is 12. The molecular weight excluding hydrogens is 707 g/mol. The van der Waals surface area contributed by atoms with Crippen molar-refractivity contribution in [2.24, 2.45) is 11.8 Å². The number of Topliss-reactive ketones (excluding diaryl/α,β-unsaturated/α-hetero) is 2. The van der Waals surface area contributed by atoms with Gasteiger partial charge < -0.3 is 33.2 Å². The number of fused-ring (bicyclic) bond motifs is 4. The monoisotopic (exact) mass is 759 g/mol. The molecule has 12 nitrogen and oxygen atoms in total. The number of anilines is 1. The zero-order valence-electron chi connectivity index (χ0n) is 33.4.